The molecule has 1 aliphatic rings. The zero-order valence-corrected chi connectivity index (χ0v) is 25.6. The van der Waals surface area contributed by atoms with Gasteiger partial charge in [-0.15, -0.1) is 0 Å². The molecule has 0 saturated heterocycles. The lowest BCUT2D eigenvalue weighted by atomic mass is 9.91. The molecule has 0 aliphatic carbocycles. The average Bonchev–Trinajstić information content (AvgIpc) is 3.14. The summed E-state index contributed by atoms with van der Waals surface area (Å²) in [7, 11) is 0. The van der Waals surface area contributed by atoms with Crippen LogP contribution in [0.25, 0.3) is 38.6 Å². The molecule has 1 atom stereocenters. The molecule has 1 aliphatic heterocycles. The second-order valence-electron chi connectivity index (χ2n) is 11.2. The van der Waals surface area contributed by atoms with Crippen LogP contribution in [-0.2, 0) is 0 Å². The molecule has 0 bridgehead atoms. The van der Waals surface area contributed by atoms with Crippen LogP contribution in [0.5, 0.6) is 0 Å². The normalized spacial score (nSPS) is 15.0. The van der Waals surface area contributed by atoms with Crippen LogP contribution in [0.2, 0.25) is 0 Å². The van der Waals surface area contributed by atoms with Gasteiger partial charge in [-0.05, 0) is 56.6 Å². The Kier molecular flexibility index (Phi) is 8.08. The highest BCUT2D eigenvalue weighted by atomic mass is 15.2. The summed E-state index contributed by atoms with van der Waals surface area (Å²) >= 11 is 0. The molecule has 1 unspecified atom stereocenters. The van der Waals surface area contributed by atoms with Crippen molar-refractivity contribution in [2.45, 2.75) is 13.1 Å². The van der Waals surface area contributed by atoms with E-state index in [0.717, 1.165) is 45.1 Å². The number of nitrogens with two attached hydrogens (primary N) is 1. The predicted octanol–water partition coefficient (Wildman–Crippen LogP) is 9.54. The molecule has 222 valence electrons. The van der Waals surface area contributed by atoms with Crippen LogP contribution in [0.15, 0.2) is 174 Å². The number of fused-ring (bicyclic) bond motifs is 1. The lowest BCUT2D eigenvalue weighted by Gasteiger charge is -2.24. The summed E-state index contributed by atoms with van der Waals surface area (Å²) in [6.07, 6.45) is 5.42. The first-order chi connectivity index (χ1) is 22.7. The van der Waals surface area contributed by atoms with Gasteiger partial charge in [-0.25, -0.2) is 9.98 Å². The number of benzene rings is 6. The first kappa shape index (κ1) is 28.8. The molecular weight excluding hydrogens is 560 g/mol. The molecule has 4 nitrogen and oxygen atoms in total. The zero-order valence-electron chi connectivity index (χ0n) is 25.6. The van der Waals surface area contributed by atoms with Gasteiger partial charge in [-0.2, -0.15) is 0 Å². The van der Waals surface area contributed by atoms with Gasteiger partial charge < -0.3 is 11.1 Å². The highest BCUT2D eigenvalue weighted by molar-refractivity contribution is 6.13. The van der Waals surface area contributed by atoms with Crippen LogP contribution in [0, 0.1) is 0 Å². The summed E-state index contributed by atoms with van der Waals surface area (Å²) in [5, 5.41) is 6.00. The molecule has 0 fully saturated rings. The van der Waals surface area contributed by atoms with E-state index >= 15 is 0 Å². The molecule has 3 N–H and O–H groups in total. The van der Waals surface area contributed by atoms with Crippen LogP contribution in [0.4, 0.5) is 0 Å². The third-order valence-electron chi connectivity index (χ3n) is 8.34. The number of allylic oxidation sites excluding steroid dienone is 3. The lowest BCUT2D eigenvalue weighted by molar-refractivity contribution is 0.674. The summed E-state index contributed by atoms with van der Waals surface area (Å²) in [6, 6.07) is 50.8. The topological polar surface area (TPSA) is 62.8 Å². The van der Waals surface area contributed by atoms with Crippen LogP contribution >= 0.6 is 0 Å². The second-order valence-corrected chi connectivity index (χ2v) is 11.2. The number of rotatable bonds is 7. The first-order valence-electron chi connectivity index (χ1n) is 15.5. The van der Waals surface area contributed by atoms with E-state index in [1.165, 1.54) is 27.5 Å². The Morgan fingerprint density at radius 1 is 0.609 bits per heavy atom. The van der Waals surface area contributed by atoms with Crippen LogP contribution < -0.4 is 11.1 Å². The monoisotopic (exact) mass is 594 g/mol. The van der Waals surface area contributed by atoms with Crippen molar-refractivity contribution in [1.82, 2.24) is 5.32 Å². The van der Waals surface area contributed by atoms with E-state index in [-0.39, 0.29) is 6.17 Å². The van der Waals surface area contributed by atoms with Gasteiger partial charge in [-0.3, -0.25) is 0 Å². The lowest BCUT2D eigenvalue weighted by Crippen LogP contribution is -2.33. The average molecular weight is 595 g/mol. The first-order valence-corrected chi connectivity index (χ1v) is 15.5. The minimum Gasteiger partial charge on any atom is -0.404 e. The standard InChI is InChI=1S/C42H34N4/c1-2-11-35(28-43)29-18-20-30(21-19-29)36-26-27-37(39-17-10-9-16-38(36)39)31-22-24-34(25-23-31)42-45-40(32-12-5-3-6-13-32)44-41(46-42)33-14-7-4-8-15-33/h2-28,42H,43H2,1H3,(H,44,45,46)/b11-2-,35-28+. The number of hydrogen-bond acceptors (Lipinski definition) is 4. The maximum Gasteiger partial charge on any atom is 0.159 e. The van der Waals surface area contributed by atoms with Crippen molar-refractivity contribution < 1.29 is 0 Å². The van der Waals surface area contributed by atoms with Gasteiger partial charge in [-0.1, -0.05) is 158 Å². The van der Waals surface area contributed by atoms with Gasteiger partial charge >= 0.3 is 0 Å². The minimum absolute atomic E-state index is 0.262. The van der Waals surface area contributed by atoms with Crippen molar-refractivity contribution >= 4 is 28.0 Å². The largest absolute Gasteiger partial charge is 0.404 e. The molecule has 0 saturated carbocycles. The summed E-state index contributed by atoms with van der Waals surface area (Å²) in [6.45, 7) is 2.00. The quantitative estimate of drug-likeness (QED) is 0.181. The maximum atomic E-state index is 5.87. The van der Waals surface area contributed by atoms with Gasteiger partial charge in [0.2, 0.25) is 0 Å². The number of amidine groups is 2. The van der Waals surface area contributed by atoms with E-state index in [1.807, 2.05) is 55.5 Å². The molecule has 4 heteroatoms. The van der Waals surface area contributed by atoms with Crippen molar-refractivity contribution in [1.29, 1.82) is 0 Å². The fraction of sp³-hybridized carbons (Fsp3) is 0.0476. The molecule has 46 heavy (non-hydrogen) atoms. The molecule has 0 aromatic heterocycles. The third-order valence-corrected chi connectivity index (χ3v) is 8.34. The Morgan fingerprint density at radius 2 is 1.15 bits per heavy atom. The van der Waals surface area contributed by atoms with Gasteiger partial charge in [0.1, 0.15) is 12.0 Å². The fourth-order valence-corrected chi connectivity index (χ4v) is 6.00. The van der Waals surface area contributed by atoms with E-state index in [1.54, 1.807) is 6.20 Å². The Bertz CT molecular complexity index is 2110. The summed E-state index contributed by atoms with van der Waals surface area (Å²) in [5.41, 5.74) is 15.8. The van der Waals surface area contributed by atoms with E-state index in [4.69, 9.17) is 15.7 Å². The van der Waals surface area contributed by atoms with Crippen molar-refractivity contribution in [2.24, 2.45) is 15.7 Å². The number of aliphatic imine (C=N–C) groups is 2. The molecule has 6 aromatic carbocycles. The van der Waals surface area contributed by atoms with E-state index in [9.17, 15) is 0 Å². The zero-order chi connectivity index (χ0) is 31.3. The Balaban J connectivity index is 1.21. The number of hydrogen-bond donors (Lipinski definition) is 2. The second kappa shape index (κ2) is 12.9. The SMILES string of the molecule is C/C=C\C(=C/N)c1ccc(-c2ccc(-c3ccc(C4N=C(c5ccccc5)N=C(c5ccccc5)N4)cc3)c3ccccc23)cc1. The molecule has 0 spiro atoms. The predicted molar refractivity (Wildman–Crippen MR) is 194 cm³/mol. The number of nitrogens with zero attached hydrogens (tertiary/aromatic N) is 2. The van der Waals surface area contributed by atoms with E-state index in [2.05, 4.69) is 115 Å². The highest BCUT2D eigenvalue weighted by Gasteiger charge is 2.21. The van der Waals surface area contributed by atoms with Crippen LogP contribution in [0.3, 0.4) is 0 Å². The molecule has 7 rings (SSSR count). The van der Waals surface area contributed by atoms with Crippen LogP contribution in [-0.4, -0.2) is 11.7 Å². The summed E-state index contributed by atoms with van der Waals surface area (Å²) in [4.78, 5) is 9.93. The Hall–Kier alpha value is -6.00. The van der Waals surface area contributed by atoms with Gasteiger partial charge in [0.05, 0.1) is 0 Å². The van der Waals surface area contributed by atoms with Crippen molar-refractivity contribution in [3.8, 4) is 22.3 Å². The fourth-order valence-electron chi connectivity index (χ4n) is 6.00. The van der Waals surface area contributed by atoms with Gasteiger partial charge in [0.25, 0.3) is 0 Å². The molecule has 0 amide bonds. The molecule has 1 heterocycles. The summed E-state index contributed by atoms with van der Waals surface area (Å²) in [5.74, 6) is 1.54. The summed E-state index contributed by atoms with van der Waals surface area (Å²) < 4.78 is 0. The minimum atomic E-state index is -0.262. The maximum absolute atomic E-state index is 5.87. The molecular formula is C42H34N4. The highest BCUT2D eigenvalue weighted by Crippen LogP contribution is 2.36. The van der Waals surface area contributed by atoms with Crippen molar-refractivity contribution in [3.05, 3.63) is 186 Å². The van der Waals surface area contributed by atoms with Gasteiger partial charge in [0.15, 0.2) is 5.84 Å². The molecule has 6 aromatic rings. The van der Waals surface area contributed by atoms with Crippen LogP contribution in [0.1, 0.15) is 35.3 Å². The smallest absolute Gasteiger partial charge is 0.159 e. The molecule has 0 radical (unpaired) electrons. The van der Waals surface area contributed by atoms with E-state index in [0.29, 0.717) is 0 Å². The van der Waals surface area contributed by atoms with E-state index < -0.39 is 0 Å². The van der Waals surface area contributed by atoms with Crippen molar-refractivity contribution in [2.75, 3.05) is 0 Å². The van der Waals surface area contributed by atoms with Crippen molar-refractivity contribution in [3.63, 3.8) is 0 Å². The third kappa shape index (κ3) is 5.76. The Morgan fingerprint density at radius 3 is 1.72 bits per heavy atom. The number of nitrogens with one attached hydrogen (secondary N) is 1. The Labute approximate surface area is 270 Å². The van der Waals surface area contributed by atoms with Gasteiger partial charge in [0, 0.05) is 17.3 Å².